The van der Waals surface area contributed by atoms with Gasteiger partial charge in [0, 0.05) is 11.8 Å². The van der Waals surface area contributed by atoms with Crippen molar-refractivity contribution in [2.45, 2.75) is 17.1 Å². The number of sulfonamides is 1. The Morgan fingerprint density at radius 1 is 1.00 bits per heavy atom. The van der Waals surface area contributed by atoms with E-state index in [1.54, 1.807) is 0 Å². The number of carbonyl (C=O) groups is 1. The highest BCUT2D eigenvalue weighted by Gasteiger charge is 2.31. The molecule has 3 aromatic rings. The van der Waals surface area contributed by atoms with Crippen molar-refractivity contribution in [3.8, 4) is 0 Å². The second-order valence-electron chi connectivity index (χ2n) is 6.63. The molecule has 168 valence electrons. The Balaban J connectivity index is 1.95. The summed E-state index contributed by atoms with van der Waals surface area (Å²) in [5.41, 5.74) is -0.837. The van der Waals surface area contributed by atoms with Crippen LogP contribution in [0, 0.1) is 5.82 Å². The van der Waals surface area contributed by atoms with Crippen LogP contribution >= 0.6 is 0 Å². The molecule has 1 heterocycles. The van der Waals surface area contributed by atoms with Crippen LogP contribution in [0.1, 0.15) is 33.2 Å². The molecule has 0 aliphatic carbocycles. The van der Waals surface area contributed by atoms with Gasteiger partial charge in [-0.15, -0.1) is 0 Å². The highest BCUT2D eigenvalue weighted by molar-refractivity contribution is 7.89. The van der Waals surface area contributed by atoms with Gasteiger partial charge in [-0.25, -0.2) is 17.5 Å². The second-order valence-corrected chi connectivity index (χ2v) is 8.52. The summed E-state index contributed by atoms with van der Waals surface area (Å²) in [5, 5.41) is 2.55. The molecule has 11 heteroatoms. The van der Waals surface area contributed by atoms with Crippen molar-refractivity contribution in [1.29, 1.82) is 0 Å². The summed E-state index contributed by atoms with van der Waals surface area (Å²) in [4.78, 5) is 16.6. The Morgan fingerprint density at radius 2 is 1.62 bits per heavy atom. The van der Waals surface area contributed by atoms with E-state index >= 15 is 0 Å². The maximum Gasteiger partial charge on any atom is 0.416 e. The molecule has 0 aliphatic rings. The predicted molar refractivity (Wildman–Crippen MR) is 108 cm³/mol. The highest BCUT2D eigenvalue weighted by atomic mass is 32.2. The Kier molecular flexibility index (Phi) is 6.60. The minimum absolute atomic E-state index is 0.0632. The third-order valence-corrected chi connectivity index (χ3v) is 6.03. The predicted octanol–water partition coefficient (Wildman–Crippen LogP) is 3.67. The van der Waals surface area contributed by atoms with Crippen LogP contribution in [0.3, 0.4) is 0 Å². The van der Waals surface area contributed by atoms with Crippen LogP contribution in [0.15, 0.2) is 71.8 Å². The van der Waals surface area contributed by atoms with Gasteiger partial charge in [0.15, 0.2) is 0 Å². The fraction of sp³-hybridized carbons (Fsp3) is 0.143. The van der Waals surface area contributed by atoms with E-state index in [4.69, 9.17) is 0 Å². The van der Waals surface area contributed by atoms with Crippen LogP contribution in [0.2, 0.25) is 0 Å². The van der Waals surface area contributed by atoms with Crippen molar-refractivity contribution >= 4 is 15.9 Å². The number of pyridine rings is 1. The molecule has 0 saturated carbocycles. The van der Waals surface area contributed by atoms with E-state index in [1.807, 2.05) is 0 Å². The standard InChI is InChI=1S/C21H17F4N3O3S/c1-26-32(30,31)16-10-6-14(7-11-16)20(29)28-18(19-17(22)3-2-12-27-19)13-4-8-15(9-5-13)21(23,24)25/h2-12,18,26H,1H3,(H,28,29). The van der Waals surface area contributed by atoms with E-state index in [0.717, 1.165) is 30.3 Å². The highest BCUT2D eigenvalue weighted by Crippen LogP contribution is 2.31. The monoisotopic (exact) mass is 467 g/mol. The number of nitrogens with zero attached hydrogens (tertiary/aromatic N) is 1. The molecule has 3 rings (SSSR count). The number of aromatic nitrogens is 1. The van der Waals surface area contributed by atoms with Crippen LogP contribution in [0.5, 0.6) is 0 Å². The van der Waals surface area contributed by atoms with Gasteiger partial charge in [-0.1, -0.05) is 12.1 Å². The Morgan fingerprint density at radius 3 is 2.16 bits per heavy atom. The molecule has 0 radical (unpaired) electrons. The van der Waals surface area contributed by atoms with Crippen molar-refractivity contribution in [3.05, 3.63) is 95.1 Å². The van der Waals surface area contributed by atoms with E-state index in [1.165, 1.54) is 43.6 Å². The lowest BCUT2D eigenvalue weighted by molar-refractivity contribution is -0.137. The summed E-state index contributed by atoms with van der Waals surface area (Å²) < 4.78 is 78.9. The number of nitrogens with one attached hydrogen (secondary N) is 2. The Bertz CT molecular complexity index is 1210. The Labute approximate surface area is 181 Å². The molecule has 0 bridgehead atoms. The zero-order chi connectivity index (χ0) is 23.5. The summed E-state index contributed by atoms with van der Waals surface area (Å²) in [5.74, 6) is -1.46. The summed E-state index contributed by atoms with van der Waals surface area (Å²) in [7, 11) is -2.46. The smallest absolute Gasteiger partial charge is 0.339 e. The lowest BCUT2D eigenvalue weighted by atomic mass is 10.00. The number of carbonyl (C=O) groups excluding carboxylic acids is 1. The van der Waals surface area contributed by atoms with Crippen LogP contribution in [0.25, 0.3) is 0 Å². The van der Waals surface area contributed by atoms with E-state index in [2.05, 4.69) is 15.0 Å². The van der Waals surface area contributed by atoms with E-state index < -0.39 is 39.5 Å². The number of halogens is 4. The number of hydrogen-bond acceptors (Lipinski definition) is 4. The van der Waals surface area contributed by atoms with Gasteiger partial charge in [0.05, 0.1) is 16.5 Å². The first-order chi connectivity index (χ1) is 15.0. The molecule has 2 aromatic carbocycles. The van der Waals surface area contributed by atoms with Crippen LogP contribution in [-0.4, -0.2) is 26.4 Å². The summed E-state index contributed by atoms with van der Waals surface area (Å²) in [6.07, 6.45) is -3.26. The van der Waals surface area contributed by atoms with Gasteiger partial charge < -0.3 is 5.32 Å². The zero-order valence-corrected chi connectivity index (χ0v) is 17.3. The molecule has 6 nitrogen and oxygen atoms in total. The van der Waals surface area contributed by atoms with Crippen molar-refractivity contribution in [1.82, 2.24) is 15.0 Å². The van der Waals surface area contributed by atoms with Gasteiger partial charge in [0.1, 0.15) is 11.5 Å². The van der Waals surface area contributed by atoms with Crippen molar-refractivity contribution in [2.75, 3.05) is 7.05 Å². The largest absolute Gasteiger partial charge is 0.416 e. The van der Waals surface area contributed by atoms with E-state index in [9.17, 15) is 30.8 Å². The molecule has 32 heavy (non-hydrogen) atoms. The zero-order valence-electron chi connectivity index (χ0n) is 16.5. The van der Waals surface area contributed by atoms with Gasteiger partial charge in [0.2, 0.25) is 10.0 Å². The fourth-order valence-corrected chi connectivity index (χ4v) is 3.63. The average Bonchev–Trinajstić information content (AvgIpc) is 2.77. The molecule has 0 aliphatic heterocycles. The van der Waals surface area contributed by atoms with Crippen molar-refractivity contribution < 1.29 is 30.8 Å². The van der Waals surface area contributed by atoms with Gasteiger partial charge in [-0.05, 0) is 61.1 Å². The first kappa shape index (κ1) is 23.4. The molecular weight excluding hydrogens is 450 g/mol. The maximum absolute atomic E-state index is 14.4. The number of hydrogen-bond donors (Lipinski definition) is 2. The van der Waals surface area contributed by atoms with E-state index in [-0.39, 0.29) is 21.7 Å². The van der Waals surface area contributed by atoms with E-state index in [0.29, 0.717) is 0 Å². The maximum atomic E-state index is 14.4. The van der Waals surface area contributed by atoms with Crippen LogP contribution in [-0.2, 0) is 16.2 Å². The number of alkyl halides is 3. The van der Waals surface area contributed by atoms with Crippen molar-refractivity contribution in [2.24, 2.45) is 0 Å². The molecule has 1 aromatic heterocycles. The number of amides is 1. The van der Waals surface area contributed by atoms with Crippen LogP contribution in [0.4, 0.5) is 17.6 Å². The first-order valence-corrected chi connectivity index (χ1v) is 10.6. The molecule has 0 fully saturated rings. The normalized spacial score (nSPS) is 12.9. The molecule has 0 spiro atoms. The van der Waals surface area contributed by atoms with Crippen molar-refractivity contribution in [3.63, 3.8) is 0 Å². The molecule has 0 saturated heterocycles. The lowest BCUT2D eigenvalue weighted by Gasteiger charge is -2.20. The minimum Gasteiger partial charge on any atom is -0.339 e. The molecular formula is C21H17F4N3O3S. The number of rotatable bonds is 6. The molecule has 1 unspecified atom stereocenters. The topological polar surface area (TPSA) is 88.2 Å². The third-order valence-electron chi connectivity index (χ3n) is 4.60. The second kappa shape index (κ2) is 9.05. The Hall–Kier alpha value is -3.31. The molecule has 1 amide bonds. The summed E-state index contributed by atoms with van der Waals surface area (Å²) in [6.45, 7) is 0. The third kappa shape index (κ3) is 5.11. The quantitative estimate of drug-likeness (QED) is 0.542. The van der Waals surface area contributed by atoms with Gasteiger partial charge >= 0.3 is 6.18 Å². The molecule has 2 N–H and O–H groups in total. The van der Waals surface area contributed by atoms with Gasteiger partial charge in [0.25, 0.3) is 5.91 Å². The number of benzene rings is 2. The lowest BCUT2D eigenvalue weighted by Crippen LogP contribution is -2.30. The molecule has 1 atom stereocenters. The minimum atomic E-state index is -4.55. The SMILES string of the molecule is CNS(=O)(=O)c1ccc(C(=O)NC(c2ccc(C(F)(F)F)cc2)c2ncccc2F)cc1. The fourth-order valence-electron chi connectivity index (χ4n) is 2.90. The summed E-state index contributed by atoms with van der Waals surface area (Å²) >= 11 is 0. The average molecular weight is 467 g/mol. The first-order valence-electron chi connectivity index (χ1n) is 9.15. The van der Waals surface area contributed by atoms with Gasteiger partial charge in [-0.2, -0.15) is 13.2 Å². The van der Waals surface area contributed by atoms with Gasteiger partial charge in [-0.3, -0.25) is 9.78 Å². The van der Waals surface area contributed by atoms with Crippen LogP contribution < -0.4 is 10.0 Å². The summed E-state index contributed by atoms with van der Waals surface area (Å²) in [6, 6.07) is 10.1.